The summed E-state index contributed by atoms with van der Waals surface area (Å²) < 4.78 is 0. The quantitative estimate of drug-likeness (QED) is 0.750. The summed E-state index contributed by atoms with van der Waals surface area (Å²) in [7, 11) is 0. The van der Waals surface area contributed by atoms with Crippen molar-refractivity contribution in [2.45, 2.75) is 70.4 Å². The third-order valence-corrected chi connectivity index (χ3v) is 7.62. The molecule has 4 nitrogen and oxygen atoms in total. The van der Waals surface area contributed by atoms with Crippen molar-refractivity contribution in [3.63, 3.8) is 0 Å². The predicted octanol–water partition coefficient (Wildman–Crippen LogP) is 2.97. The minimum atomic E-state index is 0.273. The highest BCUT2D eigenvalue weighted by molar-refractivity contribution is 7.99. The van der Waals surface area contributed by atoms with Crippen molar-refractivity contribution < 1.29 is 4.79 Å². The van der Waals surface area contributed by atoms with Crippen molar-refractivity contribution in [2.75, 3.05) is 44.2 Å². The van der Waals surface area contributed by atoms with Gasteiger partial charge in [0.15, 0.2) is 0 Å². The number of hydrogen-bond donors (Lipinski definition) is 1. The summed E-state index contributed by atoms with van der Waals surface area (Å²) in [4.78, 5) is 17.4. The van der Waals surface area contributed by atoms with Gasteiger partial charge in [0.25, 0.3) is 0 Å². The highest BCUT2D eigenvalue weighted by atomic mass is 32.2. The number of likely N-dealkylation sites (N-methyl/N-ethyl adjacent to an activating group) is 1. The number of piperidine rings is 1. The molecule has 3 aliphatic heterocycles. The second kappa shape index (κ2) is 10.2. The summed E-state index contributed by atoms with van der Waals surface area (Å²) >= 11 is 2.12. The van der Waals surface area contributed by atoms with E-state index in [1.54, 1.807) is 0 Å². The van der Waals surface area contributed by atoms with E-state index in [2.05, 4.69) is 33.8 Å². The molecule has 0 radical (unpaired) electrons. The number of carbonyl (C=O) groups is 1. The number of hydrogen-bond acceptors (Lipinski definition) is 4. The first-order chi connectivity index (χ1) is 12.3. The van der Waals surface area contributed by atoms with Crippen LogP contribution >= 0.6 is 11.8 Å². The summed E-state index contributed by atoms with van der Waals surface area (Å²) in [5, 5.41) is 3.20. The van der Waals surface area contributed by atoms with Crippen molar-refractivity contribution in [3.8, 4) is 0 Å². The molecule has 0 aromatic heterocycles. The Balaban J connectivity index is 1.28. The van der Waals surface area contributed by atoms with Crippen molar-refractivity contribution in [3.05, 3.63) is 0 Å². The second-order valence-electron chi connectivity index (χ2n) is 8.09. The molecule has 5 heteroatoms. The van der Waals surface area contributed by atoms with E-state index in [-0.39, 0.29) is 5.91 Å². The maximum absolute atomic E-state index is 12.2. The lowest BCUT2D eigenvalue weighted by Gasteiger charge is -2.39. The predicted molar refractivity (Wildman–Crippen MR) is 107 cm³/mol. The highest BCUT2D eigenvalue weighted by Crippen LogP contribution is 2.28. The maximum atomic E-state index is 12.2. The summed E-state index contributed by atoms with van der Waals surface area (Å²) in [5.41, 5.74) is 0. The third-order valence-electron chi connectivity index (χ3n) is 6.58. The van der Waals surface area contributed by atoms with Crippen molar-refractivity contribution in [1.82, 2.24) is 15.1 Å². The Morgan fingerprint density at radius 2 is 1.84 bits per heavy atom. The minimum Gasteiger partial charge on any atom is -0.355 e. The van der Waals surface area contributed by atoms with Gasteiger partial charge in [-0.05, 0) is 88.5 Å². The van der Waals surface area contributed by atoms with E-state index in [0.717, 1.165) is 37.9 Å². The van der Waals surface area contributed by atoms with E-state index in [4.69, 9.17) is 0 Å². The highest BCUT2D eigenvalue weighted by Gasteiger charge is 2.27. The number of rotatable bonds is 7. The van der Waals surface area contributed by atoms with Crippen LogP contribution in [0.2, 0.25) is 0 Å². The van der Waals surface area contributed by atoms with Crippen LogP contribution in [0.3, 0.4) is 0 Å². The van der Waals surface area contributed by atoms with Gasteiger partial charge in [0, 0.05) is 25.0 Å². The van der Waals surface area contributed by atoms with Gasteiger partial charge in [-0.2, -0.15) is 11.8 Å². The summed E-state index contributed by atoms with van der Waals surface area (Å²) in [5.74, 6) is 3.73. The van der Waals surface area contributed by atoms with E-state index < -0.39 is 0 Å². The monoisotopic (exact) mass is 367 g/mol. The smallest absolute Gasteiger partial charge is 0.220 e. The molecule has 25 heavy (non-hydrogen) atoms. The Kier molecular flexibility index (Phi) is 7.93. The average molecular weight is 368 g/mol. The minimum absolute atomic E-state index is 0.273. The van der Waals surface area contributed by atoms with Crippen molar-refractivity contribution in [1.29, 1.82) is 0 Å². The van der Waals surface area contributed by atoms with Crippen LogP contribution in [0.15, 0.2) is 0 Å². The molecule has 0 aromatic rings. The Labute approximate surface area is 158 Å². The van der Waals surface area contributed by atoms with Crippen LogP contribution in [-0.2, 0) is 4.79 Å². The second-order valence-corrected chi connectivity index (χ2v) is 9.32. The molecule has 0 bridgehead atoms. The Morgan fingerprint density at radius 3 is 2.56 bits per heavy atom. The molecule has 1 unspecified atom stereocenters. The van der Waals surface area contributed by atoms with Crippen LogP contribution in [0.25, 0.3) is 0 Å². The van der Waals surface area contributed by atoms with Crippen LogP contribution in [0.5, 0.6) is 0 Å². The van der Waals surface area contributed by atoms with Gasteiger partial charge in [0.1, 0.15) is 0 Å². The van der Waals surface area contributed by atoms with Crippen molar-refractivity contribution >= 4 is 17.7 Å². The normalized spacial score (nSPS) is 27.6. The molecule has 1 N–H and O–H groups in total. The Morgan fingerprint density at radius 1 is 1.08 bits per heavy atom. The fourth-order valence-electron chi connectivity index (χ4n) is 4.85. The van der Waals surface area contributed by atoms with E-state index >= 15 is 0 Å². The fraction of sp³-hybridized carbons (Fsp3) is 0.950. The van der Waals surface area contributed by atoms with Crippen LogP contribution in [0, 0.1) is 5.92 Å². The first-order valence-corrected chi connectivity index (χ1v) is 11.7. The van der Waals surface area contributed by atoms with Gasteiger partial charge in [-0.25, -0.2) is 0 Å². The number of nitrogens with zero attached hydrogens (tertiary/aromatic N) is 2. The average Bonchev–Trinajstić information content (AvgIpc) is 3.13. The van der Waals surface area contributed by atoms with E-state index in [1.807, 2.05) is 0 Å². The van der Waals surface area contributed by atoms with E-state index in [0.29, 0.717) is 6.04 Å². The topological polar surface area (TPSA) is 35.6 Å². The zero-order valence-corrected chi connectivity index (χ0v) is 16.9. The molecule has 3 saturated heterocycles. The number of nitrogens with one attached hydrogen (secondary N) is 1. The standard InChI is InChI=1S/C20H37N3OS/c1-2-22-11-3-4-19(22)16-21-20(24)6-5-17-7-12-23(13-8-17)18-9-14-25-15-10-18/h17-19H,2-16H2,1H3,(H,21,24). The first-order valence-electron chi connectivity index (χ1n) is 10.6. The van der Waals surface area contributed by atoms with E-state index in [1.165, 1.54) is 69.7 Å². The summed E-state index contributed by atoms with van der Waals surface area (Å²) in [6.45, 7) is 7.90. The maximum Gasteiger partial charge on any atom is 0.220 e. The van der Waals surface area contributed by atoms with Crippen LogP contribution in [0.1, 0.15) is 58.3 Å². The summed E-state index contributed by atoms with van der Waals surface area (Å²) in [6.07, 6.45) is 9.69. The molecule has 0 aromatic carbocycles. The van der Waals surface area contributed by atoms with Gasteiger partial charge >= 0.3 is 0 Å². The molecule has 144 valence electrons. The number of amides is 1. The van der Waals surface area contributed by atoms with Gasteiger partial charge < -0.3 is 10.2 Å². The number of carbonyl (C=O) groups excluding carboxylic acids is 1. The zero-order chi connectivity index (χ0) is 17.5. The first kappa shape index (κ1) is 19.5. The zero-order valence-electron chi connectivity index (χ0n) is 16.0. The number of thioether (sulfide) groups is 1. The molecular formula is C20H37N3OS. The molecule has 1 amide bonds. The molecule has 3 rings (SSSR count). The molecule has 0 saturated carbocycles. The lowest BCUT2D eigenvalue weighted by atomic mass is 9.90. The molecule has 3 aliphatic rings. The van der Waals surface area contributed by atoms with Crippen LogP contribution in [-0.4, -0.2) is 72.0 Å². The largest absolute Gasteiger partial charge is 0.355 e. The fourth-order valence-corrected chi connectivity index (χ4v) is 5.94. The SMILES string of the molecule is CCN1CCCC1CNC(=O)CCC1CCN(C2CCSCC2)CC1. The van der Waals surface area contributed by atoms with Crippen LogP contribution < -0.4 is 5.32 Å². The Hall–Kier alpha value is -0.260. The van der Waals surface area contributed by atoms with Gasteiger partial charge in [0.2, 0.25) is 5.91 Å². The Bertz CT molecular complexity index is 406. The van der Waals surface area contributed by atoms with E-state index in [9.17, 15) is 4.79 Å². The summed E-state index contributed by atoms with van der Waals surface area (Å²) in [6, 6.07) is 1.42. The van der Waals surface area contributed by atoms with Crippen LogP contribution in [0.4, 0.5) is 0 Å². The molecule has 0 spiro atoms. The third kappa shape index (κ3) is 5.86. The molecule has 0 aliphatic carbocycles. The molecule has 3 fully saturated rings. The lowest BCUT2D eigenvalue weighted by molar-refractivity contribution is -0.121. The number of likely N-dealkylation sites (tertiary alicyclic amines) is 2. The van der Waals surface area contributed by atoms with Gasteiger partial charge in [-0.15, -0.1) is 0 Å². The lowest BCUT2D eigenvalue weighted by Crippen LogP contribution is -2.43. The van der Waals surface area contributed by atoms with Gasteiger partial charge in [-0.1, -0.05) is 6.92 Å². The van der Waals surface area contributed by atoms with Gasteiger partial charge in [0.05, 0.1) is 0 Å². The van der Waals surface area contributed by atoms with Gasteiger partial charge in [-0.3, -0.25) is 9.69 Å². The molecular weight excluding hydrogens is 330 g/mol. The molecule has 3 heterocycles. The van der Waals surface area contributed by atoms with Crippen molar-refractivity contribution in [2.24, 2.45) is 5.92 Å². The molecule has 1 atom stereocenters.